The van der Waals surface area contributed by atoms with Crippen molar-refractivity contribution in [1.82, 2.24) is 4.98 Å². The first-order valence-electron chi connectivity index (χ1n) is 5.60. The molecule has 1 N–H and O–H groups in total. The van der Waals surface area contributed by atoms with Gasteiger partial charge in [0.1, 0.15) is 5.75 Å². The number of pyridine rings is 1. The summed E-state index contributed by atoms with van der Waals surface area (Å²) in [5.41, 5.74) is 0.407. The Balaban J connectivity index is 2.36. The van der Waals surface area contributed by atoms with Crippen molar-refractivity contribution in [3.63, 3.8) is 0 Å². The highest BCUT2D eigenvalue weighted by Gasteiger charge is 2.17. The Bertz CT molecular complexity index is 684. The molecule has 2 aromatic rings. The second kappa shape index (κ2) is 5.35. The van der Waals surface area contributed by atoms with Crippen LogP contribution in [0.1, 0.15) is 15.9 Å². The number of nitrogens with zero attached hydrogens (tertiary/aromatic N) is 2. The lowest BCUT2D eigenvalue weighted by Crippen LogP contribution is -1.99. The van der Waals surface area contributed by atoms with Crippen LogP contribution in [0, 0.1) is 17.0 Å². The Morgan fingerprint density at radius 2 is 2.15 bits per heavy atom. The van der Waals surface area contributed by atoms with Gasteiger partial charge in [0.2, 0.25) is 0 Å². The molecule has 0 aliphatic heterocycles. The van der Waals surface area contributed by atoms with Crippen LogP contribution >= 0.6 is 0 Å². The van der Waals surface area contributed by atoms with Crippen LogP contribution in [-0.4, -0.2) is 21.0 Å². The number of hydrogen-bond acceptors (Lipinski definition) is 5. The van der Waals surface area contributed by atoms with Crippen LogP contribution in [0.5, 0.6) is 11.6 Å². The highest BCUT2D eigenvalue weighted by molar-refractivity contribution is 5.88. The Hall–Kier alpha value is -2.96. The van der Waals surface area contributed by atoms with Gasteiger partial charge in [-0.25, -0.2) is 9.78 Å². The van der Waals surface area contributed by atoms with Crippen molar-refractivity contribution >= 4 is 11.7 Å². The van der Waals surface area contributed by atoms with Gasteiger partial charge in [0.05, 0.1) is 10.5 Å². The molecule has 2 rings (SSSR count). The average molecular weight is 274 g/mol. The van der Waals surface area contributed by atoms with Gasteiger partial charge in [0, 0.05) is 12.3 Å². The van der Waals surface area contributed by atoms with Crippen LogP contribution in [0.15, 0.2) is 36.5 Å². The second-order valence-corrected chi connectivity index (χ2v) is 3.97. The SMILES string of the molecule is Cc1cc(C(=O)O)ccc1Oc1ncccc1[N+](=O)[O-]. The predicted molar refractivity (Wildman–Crippen MR) is 69.1 cm³/mol. The monoisotopic (exact) mass is 274 g/mol. The van der Waals surface area contributed by atoms with Gasteiger partial charge in [-0.1, -0.05) is 0 Å². The van der Waals surface area contributed by atoms with Crippen LogP contribution in [0.25, 0.3) is 0 Å². The molecule has 0 aliphatic rings. The predicted octanol–water partition coefficient (Wildman–Crippen LogP) is 2.79. The largest absolute Gasteiger partial charge is 0.478 e. The quantitative estimate of drug-likeness (QED) is 0.679. The molecule has 1 aromatic heterocycles. The number of rotatable bonds is 4. The summed E-state index contributed by atoms with van der Waals surface area (Å²) in [6.45, 7) is 1.65. The van der Waals surface area contributed by atoms with Crippen LogP contribution in [-0.2, 0) is 0 Å². The normalized spacial score (nSPS) is 10.1. The fraction of sp³-hybridized carbons (Fsp3) is 0.0769. The zero-order chi connectivity index (χ0) is 14.7. The highest BCUT2D eigenvalue weighted by Crippen LogP contribution is 2.30. The number of hydrogen-bond donors (Lipinski definition) is 1. The Kier molecular flexibility index (Phi) is 3.60. The molecule has 7 nitrogen and oxygen atoms in total. The van der Waals surface area contributed by atoms with Crippen molar-refractivity contribution in [2.45, 2.75) is 6.92 Å². The minimum absolute atomic E-state index is 0.116. The minimum atomic E-state index is -1.05. The highest BCUT2D eigenvalue weighted by atomic mass is 16.6. The van der Waals surface area contributed by atoms with Gasteiger partial charge < -0.3 is 9.84 Å². The first-order chi connectivity index (χ1) is 9.49. The molecule has 0 aliphatic carbocycles. The lowest BCUT2D eigenvalue weighted by atomic mass is 10.1. The summed E-state index contributed by atoms with van der Waals surface area (Å²) in [5.74, 6) is -0.871. The van der Waals surface area contributed by atoms with E-state index >= 15 is 0 Å². The lowest BCUT2D eigenvalue weighted by molar-refractivity contribution is -0.386. The van der Waals surface area contributed by atoms with E-state index in [1.807, 2.05) is 0 Å². The fourth-order valence-corrected chi connectivity index (χ4v) is 1.60. The molecule has 7 heteroatoms. The van der Waals surface area contributed by atoms with Gasteiger partial charge in [-0.2, -0.15) is 0 Å². The van der Waals surface area contributed by atoms with Gasteiger partial charge in [-0.05, 0) is 36.8 Å². The van der Waals surface area contributed by atoms with Crippen LogP contribution < -0.4 is 4.74 Å². The molecule has 0 spiro atoms. The number of aryl methyl sites for hydroxylation is 1. The molecule has 0 atom stereocenters. The zero-order valence-corrected chi connectivity index (χ0v) is 10.4. The molecule has 102 valence electrons. The molecule has 0 amide bonds. The Morgan fingerprint density at radius 1 is 1.40 bits per heavy atom. The van der Waals surface area contributed by atoms with Crippen molar-refractivity contribution in [3.8, 4) is 11.6 Å². The zero-order valence-electron chi connectivity index (χ0n) is 10.4. The van der Waals surface area contributed by atoms with E-state index in [0.717, 1.165) is 0 Å². The smallest absolute Gasteiger partial charge is 0.335 e. The molecular weight excluding hydrogens is 264 g/mol. The standard InChI is InChI=1S/C13H10N2O5/c1-8-7-9(13(16)17)4-5-11(8)20-12-10(15(18)19)3-2-6-14-12/h2-7H,1H3,(H,16,17). The third-order valence-electron chi connectivity index (χ3n) is 2.58. The molecule has 1 aromatic carbocycles. The maximum absolute atomic E-state index is 10.8. The van der Waals surface area contributed by atoms with Crippen molar-refractivity contribution in [2.24, 2.45) is 0 Å². The van der Waals surface area contributed by atoms with E-state index < -0.39 is 10.9 Å². The number of aromatic nitrogens is 1. The number of carbonyl (C=O) groups is 1. The molecular formula is C13H10N2O5. The number of aromatic carboxylic acids is 1. The van der Waals surface area contributed by atoms with E-state index in [0.29, 0.717) is 11.3 Å². The van der Waals surface area contributed by atoms with Crippen molar-refractivity contribution in [1.29, 1.82) is 0 Å². The topological polar surface area (TPSA) is 103 Å². The summed E-state index contributed by atoms with van der Waals surface area (Å²) in [4.78, 5) is 24.9. The van der Waals surface area contributed by atoms with E-state index in [1.165, 1.54) is 36.5 Å². The van der Waals surface area contributed by atoms with Crippen LogP contribution in [0.4, 0.5) is 5.69 Å². The number of nitro groups is 1. The number of carboxylic acid groups (broad SMARTS) is 1. The first kappa shape index (κ1) is 13.5. The van der Waals surface area contributed by atoms with Crippen molar-refractivity contribution in [2.75, 3.05) is 0 Å². The van der Waals surface area contributed by atoms with Gasteiger partial charge >= 0.3 is 11.7 Å². The second-order valence-electron chi connectivity index (χ2n) is 3.97. The van der Waals surface area contributed by atoms with E-state index in [2.05, 4.69) is 4.98 Å². The summed E-state index contributed by atoms with van der Waals surface area (Å²) in [6.07, 6.45) is 1.38. The molecule has 0 fully saturated rings. The Morgan fingerprint density at radius 3 is 2.75 bits per heavy atom. The number of ether oxygens (including phenoxy) is 1. The Labute approximate surface area is 113 Å². The van der Waals surface area contributed by atoms with E-state index in [4.69, 9.17) is 9.84 Å². The van der Waals surface area contributed by atoms with Crippen molar-refractivity contribution in [3.05, 3.63) is 57.8 Å². The lowest BCUT2D eigenvalue weighted by Gasteiger charge is -2.08. The fourth-order valence-electron chi connectivity index (χ4n) is 1.60. The summed E-state index contributed by atoms with van der Waals surface area (Å²) in [5, 5.41) is 19.7. The van der Waals surface area contributed by atoms with Crippen molar-refractivity contribution < 1.29 is 19.6 Å². The third kappa shape index (κ3) is 2.72. The molecule has 0 unspecified atom stereocenters. The van der Waals surface area contributed by atoms with Gasteiger partial charge in [0.25, 0.3) is 5.88 Å². The third-order valence-corrected chi connectivity index (χ3v) is 2.58. The van der Waals surface area contributed by atoms with Crippen LogP contribution in [0.2, 0.25) is 0 Å². The molecule has 20 heavy (non-hydrogen) atoms. The van der Waals surface area contributed by atoms with Gasteiger partial charge in [0.15, 0.2) is 0 Å². The summed E-state index contributed by atoms with van der Waals surface area (Å²) < 4.78 is 5.39. The maximum Gasteiger partial charge on any atom is 0.335 e. The van der Waals surface area contributed by atoms with Crippen LogP contribution in [0.3, 0.4) is 0 Å². The number of carboxylic acids is 1. The van der Waals surface area contributed by atoms with Gasteiger partial charge in [-0.3, -0.25) is 10.1 Å². The molecule has 0 radical (unpaired) electrons. The molecule has 0 saturated heterocycles. The molecule has 0 saturated carbocycles. The van der Waals surface area contributed by atoms with E-state index in [9.17, 15) is 14.9 Å². The maximum atomic E-state index is 10.8. The summed E-state index contributed by atoms with van der Waals surface area (Å²) in [7, 11) is 0. The molecule has 1 heterocycles. The number of benzene rings is 1. The van der Waals surface area contributed by atoms with E-state index in [1.54, 1.807) is 6.92 Å². The van der Waals surface area contributed by atoms with Gasteiger partial charge in [-0.15, -0.1) is 0 Å². The molecule has 0 bridgehead atoms. The summed E-state index contributed by atoms with van der Waals surface area (Å²) >= 11 is 0. The average Bonchev–Trinajstić information content (AvgIpc) is 2.41. The summed E-state index contributed by atoms with van der Waals surface area (Å²) in [6, 6.07) is 6.94. The minimum Gasteiger partial charge on any atom is -0.478 e. The van der Waals surface area contributed by atoms with E-state index in [-0.39, 0.29) is 17.1 Å². The first-order valence-corrected chi connectivity index (χ1v) is 5.60.